The summed E-state index contributed by atoms with van der Waals surface area (Å²) in [6.07, 6.45) is 0. The highest BCUT2D eigenvalue weighted by Crippen LogP contribution is 2.25. The summed E-state index contributed by atoms with van der Waals surface area (Å²) in [5, 5.41) is 4.34. The second-order valence-electron chi connectivity index (χ2n) is 6.44. The number of carbonyl (C=O) groups excluding carboxylic acids is 1. The highest BCUT2D eigenvalue weighted by Gasteiger charge is 2.21. The van der Waals surface area contributed by atoms with E-state index in [9.17, 15) is 9.59 Å². The summed E-state index contributed by atoms with van der Waals surface area (Å²) in [5.41, 5.74) is 6.78. The van der Waals surface area contributed by atoms with E-state index in [-0.39, 0.29) is 17.1 Å². The van der Waals surface area contributed by atoms with Crippen LogP contribution in [0.3, 0.4) is 0 Å². The van der Waals surface area contributed by atoms with Crippen molar-refractivity contribution in [1.82, 2.24) is 18.6 Å². The van der Waals surface area contributed by atoms with Gasteiger partial charge >= 0.3 is 0 Å². The van der Waals surface area contributed by atoms with Crippen molar-refractivity contribution >= 4 is 45.8 Å². The molecule has 146 valence electrons. The van der Waals surface area contributed by atoms with E-state index in [1.54, 1.807) is 23.6 Å². The minimum absolute atomic E-state index is 0.0688. The molecule has 0 fully saturated rings. The summed E-state index contributed by atoms with van der Waals surface area (Å²) in [6, 6.07) is 15.8. The van der Waals surface area contributed by atoms with Gasteiger partial charge in [0.1, 0.15) is 0 Å². The van der Waals surface area contributed by atoms with Crippen molar-refractivity contribution in [3.8, 4) is 5.69 Å². The lowest BCUT2D eigenvalue weighted by atomic mass is 10.1. The van der Waals surface area contributed by atoms with Crippen LogP contribution in [0.15, 0.2) is 59.4 Å². The zero-order valence-corrected chi connectivity index (χ0v) is 16.9. The van der Waals surface area contributed by atoms with Crippen LogP contribution in [0.4, 0.5) is 5.82 Å². The molecule has 3 N–H and O–H groups in total. The van der Waals surface area contributed by atoms with E-state index in [4.69, 9.17) is 17.3 Å². The molecule has 0 bridgehead atoms. The van der Waals surface area contributed by atoms with Crippen molar-refractivity contribution < 1.29 is 4.79 Å². The SMILES string of the molecule is C[C@H](NC(=O)c1nsnc1N)c1cc2cccc(Cl)c2c(=O)n1-c1ccccc1. The lowest BCUT2D eigenvalue weighted by molar-refractivity contribution is 0.0935. The number of nitrogens with one attached hydrogen (secondary N) is 1. The van der Waals surface area contributed by atoms with Crippen LogP contribution in [-0.2, 0) is 0 Å². The number of benzene rings is 2. The molecular weight excluding hydrogens is 410 g/mol. The van der Waals surface area contributed by atoms with Crippen LogP contribution in [0.25, 0.3) is 16.5 Å². The zero-order chi connectivity index (χ0) is 20.5. The Bertz CT molecular complexity index is 1270. The molecule has 0 radical (unpaired) electrons. The molecule has 2 aromatic heterocycles. The molecule has 0 spiro atoms. The number of para-hydroxylation sites is 1. The topological polar surface area (TPSA) is 103 Å². The van der Waals surface area contributed by atoms with Crippen molar-refractivity contribution in [3.05, 3.63) is 81.4 Å². The van der Waals surface area contributed by atoms with E-state index in [2.05, 4.69) is 14.1 Å². The fourth-order valence-electron chi connectivity index (χ4n) is 3.19. The van der Waals surface area contributed by atoms with Crippen molar-refractivity contribution in [3.63, 3.8) is 0 Å². The van der Waals surface area contributed by atoms with E-state index < -0.39 is 11.9 Å². The van der Waals surface area contributed by atoms with Gasteiger partial charge in [-0.2, -0.15) is 8.75 Å². The van der Waals surface area contributed by atoms with Crippen LogP contribution in [0.2, 0.25) is 5.02 Å². The molecule has 0 aliphatic heterocycles. The Hall–Kier alpha value is -3.23. The number of nitrogens with two attached hydrogens (primary N) is 1. The fraction of sp³-hybridized carbons (Fsp3) is 0.100. The van der Waals surface area contributed by atoms with Crippen LogP contribution in [0.1, 0.15) is 29.1 Å². The first-order valence-electron chi connectivity index (χ1n) is 8.76. The Balaban J connectivity index is 1.88. The quantitative estimate of drug-likeness (QED) is 0.520. The normalized spacial score (nSPS) is 12.1. The fourth-order valence-corrected chi connectivity index (χ4v) is 3.93. The molecular formula is C20H16ClN5O2S. The van der Waals surface area contributed by atoms with Gasteiger partial charge in [0.2, 0.25) is 0 Å². The number of rotatable bonds is 4. The van der Waals surface area contributed by atoms with Gasteiger partial charge in [-0.3, -0.25) is 14.2 Å². The molecule has 2 aromatic carbocycles. The monoisotopic (exact) mass is 425 g/mol. The van der Waals surface area contributed by atoms with Gasteiger partial charge in [-0.15, -0.1) is 0 Å². The third-order valence-electron chi connectivity index (χ3n) is 4.56. The average Bonchev–Trinajstić information content (AvgIpc) is 3.14. The Morgan fingerprint density at radius 3 is 2.62 bits per heavy atom. The van der Waals surface area contributed by atoms with Gasteiger partial charge in [0.05, 0.1) is 28.2 Å². The van der Waals surface area contributed by atoms with Crippen molar-refractivity contribution in [2.24, 2.45) is 0 Å². The maximum Gasteiger partial charge on any atom is 0.275 e. The lowest BCUT2D eigenvalue weighted by Crippen LogP contribution is -2.32. The number of amides is 1. The summed E-state index contributed by atoms with van der Waals surface area (Å²) in [6.45, 7) is 1.79. The first-order valence-corrected chi connectivity index (χ1v) is 9.86. The van der Waals surface area contributed by atoms with Crippen molar-refractivity contribution in [1.29, 1.82) is 0 Å². The van der Waals surface area contributed by atoms with E-state index in [1.807, 2.05) is 42.5 Å². The molecule has 1 amide bonds. The molecule has 0 saturated heterocycles. The highest BCUT2D eigenvalue weighted by atomic mass is 35.5. The van der Waals surface area contributed by atoms with Gasteiger partial charge in [-0.25, -0.2) is 0 Å². The first-order chi connectivity index (χ1) is 14.0. The zero-order valence-electron chi connectivity index (χ0n) is 15.3. The number of nitrogen functional groups attached to an aromatic ring is 1. The summed E-state index contributed by atoms with van der Waals surface area (Å²) < 4.78 is 9.31. The third kappa shape index (κ3) is 3.48. The van der Waals surface area contributed by atoms with E-state index in [0.717, 1.165) is 11.7 Å². The number of anilines is 1. The maximum atomic E-state index is 13.4. The number of carbonyl (C=O) groups is 1. The van der Waals surface area contributed by atoms with E-state index in [0.29, 0.717) is 27.2 Å². The van der Waals surface area contributed by atoms with Crippen LogP contribution < -0.4 is 16.6 Å². The third-order valence-corrected chi connectivity index (χ3v) is 5.42. The molecule has 4 aromatic rings. The van der Waals surface area contributed by atoms with E-state index >= 15 is 0 Å². The summed E-state index contributed by atoms with van der Waals surface area (Å²) >= 11 is 7.18. The predicted octanol–water partition coefficient (Wildman–Crippen LogP) is 3.57. The maximum absolute atomic E-state index is 13.4. The molecule has 29 heavy (non-hydrogen) atoms. The minimum Gasteiger partial charge on any atom is -0.381 e. The number of pyridine rings is 1. The van der Waals surface area contributed by atoms with Gasteiger partial charge in [0.25, 0.3) is 11.5 Å². The Morgan fingerprint density at radius 2 is 1.93 bits per heavy atom. The second-order valence-corrected chi connectivity index (χ2v) is 7.38. The number of fused-ring (bicyclic) bond motifs is 1. The molecule has 7 nitrogen and oxygen atoms in total. The largest absolute Gasteiger partial charge is 0.381 e. The van der Waals surface area contributed by atoms with Crippen LogP contribution in [-0.4, -0.2) is 19.2 Å². The molecule has 0 unspecified atom stereocenters. The Morgan fingerprint density at radius 1 is 1.17 bits per heavy atom. The molecule has 4 rings (SSSR count). The Kier molecular flexibility index (Phi) is 5.04. The summed E-state index contributed by atoms with van der Waals surface area (Å²) in [7, 11) is 0. The van der Waals surface area contributed by atoms with Gasteiger partial charge in [-0.05, 0) is 36.6 Å². The van der Waals surface area contributed by atoms with Crippen LogP contribution in [0, 0.1) is 0 Å². The number of nitrogens with zero attached hydrogens (tertiary/aromatic N) is 3. The minimum atomic E-state index is -0.514. The second kappa shape index (κ2) is 7.65. The molecule has 0 aliphatic carbocycles. The molecule has 0 aliphatic rings. The van der Waals surface area contributed by atoms with Gasteiger partial charge < -0.3 is 11.1 Å². The molecule has 1 atom stereocenters. The number of hydrogen-bond acceptors (Lipinski definition) is 6. The molecule has 2 heterocycles. The molecule has 0 saturated carbocycles. The lowest BCUT2D eigenvalue weighted by Gasteiger charge is -2.21. The van der Waals surface area contributed by atoms with Gasteiger partial charge in [0, 0.05) is 11.4 Å². The standard InChI is InChI=1S/C20H16ClN5O2S/c1-11(23-19(27)17-18(22)25-29-24-17)15-10-12-6-5-9-14(21)16(12)20(28)26(15)13-7-3-2-4-8-13/h2-11H,1H3,(H2,22,25)(H,23,27)/t11-/m0/s1. The van der Waals surface area contributed by atoms with Crippen LogP contribution >= 0.6 is 23.3 Å². The Labute approximate surface area is 175 Å². The van der Waals surface area contributed by atoms with Crippen LogP contribution in [0.5, 0.6) is 0 Å². The van der Waals surface area contributed by atoms with Gasteiger partial charge in [-0.1, -0.05) is 41.9 Å². The van der Waals surface area contributed by atoms with Gasteiger partial charge in [0.15, 0.2) is 11.5 Å². The van der Waals surface area contributed by atoms with Crippen molar-refractivity contribution in [2.75, 3.05) is 5.73 Å². The van der Waals surface area contributed by atoms with E-state index in [1.165, 1.54) is 0 Å². The first kappa shape index (κ1) is 19.1. The average molecular weight is 426 g/mol. The number of hydrogen-bond donors (Lipinski definition) is 2. The predicted molar refractivity (Wildman–Crippen MR) is 115 cm³/mol. The van der Waals surface area contributed by atoms with Crippen molar-refractivity contribution in [2.45, 2.75) is 13.0 Å². The number of aromatic nitrogens is 3. The highest BCUT2D eigenvalue weighted by molar-refractivity contribution is 6.99. The number of halogens is 1. The summed E-state index contributed by atoms with van der Waals surface area (Å²) in [5.74, 6) is -0.382. The molecule has 9 heteroatoms. The summed E-state index contributed by atoms with van der Waals surface area (Å²) in [4.78, 5) is 25.9. The smallest absolute Gasteiger partial charge is 0.275 e.